The van der Waals surface area contributed by atoms with Crippen LogP contribution in [0.5, 0.6) is 11.5 Å². The van der Waals surface area contributed by atoms with Gasteiger partial charge in [0.1, 0.15) is 12.4 Å². The first-order valence-corrected chi connectivity index (χ1v) is 9.88. The molecule has 0 bridgehead atoms. The molecule has 7 nitrogen and oxygen atoms in total. The van der Waals surface area contributed by atoms with Crippen molar-refractivity contribution >= 4 is 51.9 Å². The van der Waals surface area contributed by atoms with Gasteiger partial charge in [0.05, 0.1) is 24.6 Å². The van der Waals surface area contributed by atoms with Gasteiger partial charge in [-0.1, -0.05) is 37.4 Å². The van der Waals surface area contributed by atoms with Crippen LogP contribution in [-0.4, -0.2) is 46.4 Å². The summed E-state index contributed by atoms with van der Waals surface area (Å²) >= 11 is 2.62. The van der Waals surface area contributed by atoms with Crippen molar-refractivity contribution in [3.8, 4) is 11.5 Å². The zero-order chi connectivity index (χ0) is 19.4. The lowest BCUT2D eigenvalue weighted by molar-refractivity contribution is -0.114. The lowest BCUT2D eigenvalue weighted by atomic mass is 10.1. The van der Waals surface area contributed by atoms with E-state index in [1.807, 2.05) is 6.92 Å². The summed E-state index contributed by atoms with van der Waals surface area (Å²) in [5, 5.41) is 9.56. The van der Waals surface area contributed by atoms with Gasteiger partial charge in [-0.15, -0.1) is 0 Å². The molecule has 0 radical (unpaired) electrons. The molecule has 0 fully saturated rings. The Morgan fingerprint density at radius 2 is 2.22 bits per heavy atom. The number of ether oxygens (including phenoxy) is 2. The molecule has 2 aliphatic heterocycles. The van der Waals surface area contributed by atoms with Crippen LogP contribution in [0.1, 0.15) is 12.5 Å². The number of benzene rings is 1. The van der Waals surface area contributed by atoms with Gasteiger partial charge in [0.25, 0.3) is 5.91 Å². The van der Waals surface area contributed by atoms with Gasteiger partial charge in [-0.3, -0.25) is 10.2 Å². The highest BCUT2D eigenvalue weighted by Crippen LogP contribution is 2.33. The van der Waals surface area contributed by atoms with Crippen LogP contribution in [0.15, 0.2) is 45.8 Å². The third-order valence-corrected chi connectivity index (χ3v) is 5.26. The van der Waals surface area contributed by atoms with Crippen LogP contribution < -0.4 is 9.47 Å². The second-order valence-electron chi connectivity index (χ2n) is 5.35. The molecule has 0 unspecified atom stereocenters. The number of thioether (sulfide) groups is 1. The third kappa shape index (κ3) is 3.93. The standard InChI is InChI=1S/C18H18N4O3S2/c1-4-8-25-13-7-6-11(10-14(13)24-3)9-12-15(19)22-17(20-16(12)23)27-21-18(22)26-5-2/h4,6-7,9-10,19H,1,5,8H2,2-3H3/b12-9-,19-15?. The van der Waals surface area contributed by atoms with Crippen LogP contribution in [0.3, 0.4) is 0 Å². The Morgan fingerprint density at radius 1 is 1.41 bits per heavy atom. The first-order chi connectivity index (χ1) is 13.1. The van der Waals surface area contributed by atoms with E-state index in [1.165, 1.54) is 11.8 Å². The molecule has 140 valence electrons. The maximum Gasteiger partial charge on any atom is 0.283 e. The topological polar surface area (TPSA) is 87.3 Å². The highest BCUT2D eigenvalue weighted by molar-refractivity contribution is 8.19. The Labute approximate surface area is 165 Å². The van der Waals surface area contributed by atoms with Gasteiger partial charge < -0.3 is 9.47 Å². The van der Waals surface area contributed by atoms with E-state index in [4.69, 9.17) is 14.9 Å². The highest BCUT2D eigenvalue weighted by Gasteiger charge is 2.37. The predicted molar refractivity (Wildman–Crippen MR) is 112 cm³/mol. The number of carbonyl (C=O) groups excluding carboxylic acids is 1. The fourth-order valence-electron chi connectivity index (χ4n) is 2.43. The van der Waals surface area contributed by atoms with Gasteiger partial charge in [0.2, 0.25) is 5.17 Å². The quantitative estimate of drug-likeness (QED) is 0.444. The first kappa shape index (κ1) is 19.2. The van der Waals surface area contributed by atoms with Gasteiger partial charge >= 0.3 is 0 Å². The number of nitrogens with zero attached hydrogens (tertiary/aromatic N) is 3. The van der Waals surface area contributed by atoms with Gasteiger partial charge in [-0.05, 0) is 29.5 Å². The zero-order valence-corrected chi connectivity index (χ0v) is 16.5. The van der Waals surface area contributed by atoms with Gasteiger partial charge in [-0.2, -0.15) is 9.39 Å². The first-order valence-electron chi connectivity index (χ1n) is 8.12. The number of nitrogens with one attached hydrogen (secondary N) is 1. The summed E-state index contributed by atoms with van der Waals surface area (Å²) in [6, 6.07) is 5.30. The van der Waals surface area contributed by atoms with Gasteiger partial charge in [0, 0.05) is 0 Å². The summed E-state index contributed by atoms with van der Waals surface area (Å²) in [6.45, 7) is 5.99. The van der Waals surface area contributed by atoms with Crippen LogP contribution in [0.2, 0.25) is 0 Å². The molecule has 3 rings (SSSR count). The van der Waals surface area contributed by atoms with Crippen molar-refractivity contribution in [2.75, 3.05) is 19.5 Å². The fourth-order valence-corrected chi connectivity index (χ4v) is 4.00. The van der Waals surface area contributed by atoms with Crippen LogP contribution in [0.25, 0.3) is 6.08 Å². The smallest absolute Gasteiger partial charge is 0.283 e. The summed E-state index contributed by atoms with van der Waals surface area (Å²) < 4.78 is 15.2. The molecule has 0 saturated carbocycles. The summed E-state index contributed by atoms with van der Waals surface area (Å²) in [7, 11) is 1.55. The number of hydrogen-bond donors (Lipinski definition) is 1. The average Bonchev–Trinajstić information content (AvgIpc) is 3.06. The van der Waals surface area contributed by atoms with Crippen LogP contribution in [-0.2, 0) is 4.79 Å². The molecule has 2 aliphatic rings. The molecule has 0 spiro atoms. The number of amidine groups is 3. The van der Waals surface area contributed by atoms with Gasteiger partial charge in [0.15, 0.2) is 16.7 Å². The second kappa shape index (κ2) is 8.45. The number of aliphatic imine (C=N–C) groups is 1. The van der Waals surface area contributed by atoms with E-state index in [-0.39, 0.29) is 11.4 Å². The van der Waals surface area contributed by atoms with E-state index in [9.17, 15) is 4.79 Å². The largest absolute Gasteiger partial charge is 0.493 e. The molecule has 0 aromatic heterocycles. The van der Waals surface area contributed by atoms with Crippen molar-refractivity contribution < 1.29 is 14.3 Å². The highest BCUT2D eigenvalue weighted by atomic mass is 32.2. The maximum atomic E-state index is 12.4. The van der Waals surface area contributed by atoms with E-state index >= 15 is 0 Å². The Kier molecular flexibility index (Phi) is 6.02. The monoisotopic (exact) mass is 402 g/mol. The molecule has 0 saturated heterocycles. The molecular weight excluding hydrogens is 384 g/mol. The Bertz CT molecular complexity index is 893. The zero-order valence-electron chi connectivity index (χ0n) is 14.9. The molecule has 1 amide bonds. The van der Waals surface area contributed by atoms with E-state index in [0.29, 0.717) is 34.0 Å². The average molecular weight is 403 g/mol. The van der Waals surface area contributed by atoms with Crippen molar-refractivity contribution in [2.24, 2.45) is 9.39 Å². The molecular formula is C18H18N4O3S2. The minimum Gasteiger partial charge on any atom is -0.493 e. The van der Waals surface area contributed by atoms with E-state index in [0.717, 1.165) is 17.7 Å². The molecule has 2 heterocycles. The lowest BCUT2D eigenvalue weighted by Gasteiger charge is -2.24. The van der Waals surface area contributed by atoms with Crippen LogP contribution in [0.4, 0.5) is 0 Å². The molecule has 9 heteroatoms. The Balaban J connectivity index is 1.92. The van der Waals surface area contributed by atoms with E-state index < -0.39 is 5.91 Å². The van der Waals surface area contributed by atoms with Gasteiger partial charge in [-0.25, -0.2) is 4.90 Å². The summed E-state index contributed by atoms with van der Waals surface area (Å²) in [6.07, 6.45) is 3.27. The predicted octanol–water partition coefficient (Wildman–Crippen LogP) is 3.59. The minimum atomic E-state index is -0.456. The Hall–Kier alpha value is -2.52. The molecule has 1 aromatic carbocycles. The summed E-state index contributed by atoms with van der Waals surface area (Å²) in [4.78, 5) is 18.1. The van der Waals surface area contributed by atoms with E-state index in [2.05, 4.69) is 16.0 Å². The molecule has 0 atom stereocenters. The summed E-state index contributed by atoms with van der Waals surface area (Å²) in [5.41, 5.74) is 0.908. The van der Waals surface area contributed by atoms with Crippen molar-refractivity contribution in [3.05, 3.63) is 42.0 Å². The van der Waals surface area contributed by atoms with E-state index in [1.54, 1.807) is 42.4 Å². The Morgan fingerprint density at radius 3 is 2.93 bits per heavy atom. The molecule has 1 aromatic rings. The normalized spacial score (nSPS) is 17.6. The fraction of sp³-hybridized carbons (Fsp3) is 0.222. The van der Waals surface area contributed by atoms with Crippen LogP contribution >= 0.6 is 23.7 Å². The van der Waals surface area contributed by atoms with Crippen LogP contribution in [0, 0.1) is 5.41 Å². The maximum absolute atomic E-state index is 12.4. The van der Waals surface area contributed by atoms with Crippen molar-refractivity contribution in [1.29, 1.82) is 5.41 Å². The summed E-state index contributed by atoms with van der Waals surface area (Å²) in [5.74, 6) is 1.54. The second-order valence-corrected chi connectivity index (χ2v) is 7.31. The number of carbonyl (C=O) groups is 1. The lowest BCUT2D eigenvalue weighted by Crippen LogP contribution is -2.41. The molecule has 1 N–H and O–H groups in total. The number of fused-ring (bicyclic) bond motifs is 1. The number of rotatable bonds is 6. The number of hydrogen-bond acceptors (Lipinski definition) is 7. The number of methoxy groups -OCH3 is 1. The number of amides is 1. The SMILES string of the molecule is C=CCOc1ccc(/C=C2/C(=N)N3C(SCC)=NSC3=NC2=O)cc1OC. The van der Waals surface area contributed by atoms with Crippen molar-refractivity contribution in [3.63, 3.8) is 0 Å². The minimum absolute atomic E-state index is 0.0700. The van der Waals surface area contributed by atoms with Crippen molar-refractivity contribution in [2.45, 2.75) is 6.92 Å². The van der Waals surface area contributed by atoms with Crippen molar-refractivity contribution in [1.82, 2.24) is 4.90 Å². The molecule has 27 heavy (non-hydrogen) atoms. The molecule has 0 aliphatic carbocycles. The third-order valence-electron chi connectivity index (χ3n) is 3.62.